The number of aliphatic hydroxyl groups is 1. The van der Waals surface area contributed by atoms with E-state index >= 15 is 0 Å². The van der Waals surface area contributed by atoms with Crippen LogP contribution in [0.25, 0.3) is 0 Å². The molecule has 6 atom stereocenters. The molecule has 2 aromatic rings. The van der Waals surface area contributed by atoms with Crippen molar-refractivity contribution in [2.75, 3.05) is 13.7 Å². The van der Waals surface area contributed by atoms with Crippen LogP contribution in [0.3, 0.4) is 0 Å². The number of hydrogen-bond donors (Lipinski definition) is 1. The van der Waals surface area contributed by atoms with Crippen molar-refractivity contribution < 1.29 is 24.1 Å². The SMILES string of the molecule is COc1ccc(S[C@@H]2OC3COC(c4ccccc4)O[C@@H]3C(O)C2C)cc1. The Hall–Kier alpha value is -1.57. The summed E-state index contributed by atoms with van der Waals surface area (Å²) in [5, 5.41) is 10.9. The highest BCUT2D eigenvalue weighted by molar-refractivity contribution is 7.99. The van der Waals surface area contributed by atoms with Gasteiger partial charge in [-0.15, -0.1) is 0 Å². The molecule has 0 amide bonds. The van der Waals surface area contributed by atoms with Crippen molar-refractivity contribution in [3.05, 3.63) is 60.2 Å². The Labute approximate surface area is 163 Å². The molecule has 4 unspecified atom stereocenters. The Balaban J connectivity index is 1.43. The van der Waals surface area contributed by atoms with E-state index in [1.54, 1.807) is 18.9 Å². The number of aliphatic hydroxyl groups excluding tert-OH is 1. The predicted molar refractivity (Wildman–Crippen MR) is 103 cm³/mol. The second-order valence-electron chi connectivity index (χ2n) is 6.86. The van der Waals surface area contributed by atoms with E-state index < -0.39 is 18.5 Å². The monoisotopic (exact) mass is 388 g/mol. The first kappa shape index (κ1) is 18.8. The zero-order valence-electron chi connectivity index (χ0n) is 15.4. The van der Waals surface area contributed by atoms with E-state index in [4.69, 9.17) is 18.9 Å². The van der Waals surface area contributed by atoms with Crippen LogP contribution in [0.4, 0.5) is 0 Å². The second kappa shape index (κ2) is 8.20. The van der Waals surface area contributed by atoms with Gasteiger partial charge in [0, 0.05) is 16.4 Å². The van der Waals surface area contributed by atoms with Crippen LogP contribution in [-0.4, -0.2) is 42.6 Å². The average Bonchev–Trinajstić information content (AvgIpc) is 2.73. The van der Waals surface area contributed by atoms with E-state index in [0.717, 1.165) is 16.2 Å². The van der Waals surface area contributed by atoms with Gasteiger partial charge in [0.05, 0.1) is 19.8 Å². The molecule has 1 N–H and O–H groups in total. The Bertz CT molecular complexity index is 736. The van der Waals surface area contributed by atoms with E-state index in [0.29, 0.717) is 6.61 Å². The first-order chi connectivity index (χ1) is 13.2. The van der Waals surface area contributed by atoms with Crippen molar-refractivity contribution in [3.8, 4) is 5.75 Å². The maximum Gasteiger partial charge on any atom is 0.184 e. The van der Waals surface area contributed by atoms with Crippen LogP contribution >= 0.6 is 11.8 Å². The molecule has 2 fully saturated rings. The Kier molecular flexibility index (Phi) is 5.71. The van der Waals surface area contributed by atoms with Crippen LogP contribution in [0.2, 0.25) is 0 Å². The molecule has 0 saturated carbocycles. The number of rotatable bonds is 4. The van der Waals surface area contributed by atoms with E-state index in [1.165, 1.54) is 0 Å². The summed E-state index contributed by atoms with van der Waals surface area (Å²) < 4.78 is 23.4. The summed E-state index contributed by atoms with van der Waals surface area (Å²) in [7, 11) is 1.65. The van der Waals surface area contributed by atoms with Gasteiger partial charge in [0.2, 0.25) is 0 Å². The number of fused-ring (bicyclic) bond motifs is 1. The molecule has 0 aliphatic carbocycles. The summed E-state index contributed by atoms with van der Waals surface area (Å²) >= 11 is 1.60. The Morgan fingerprint density at radius 2 is 1.78 bits per heavy atom. The standard InChI is InChI=1S/C21H24O5S/c1-13-18(22)19-17(12-24-20(26-19)14-6-4-3-5-7-14)25-21(13)27-16-10-8-15(23-2)9-11-16/h3-11,13,17-22H,12H2,1-2H3/t13?,17?,18?,19-,20?,21-/m0/s1. The van der Waals surface area contributed by atoms with Gasteiger partial charge in [0.15, 0.2) is 6.29 Å². The van der Waals surface area contributed by atoms with Gasteiger partial charge in [-0.2, -0.15) is 0 Å². The lowest BCUT2D eigenvalue weighted by Crippen LogP contribution is -2.57. The summed E-state index contributed by atoms with van der Waals surface area (Å²) in [4.78, 5) is 1.07. The highest BCUT2D eigenvalue weighted by Crippen LogP contribution is 2.41. The predicted octanol–water partition coefficient (Wildman–Crippen LogP) is 3.62. The maximum atomic E-state index is 10.9. The van der Waals surface area contributed by atoms with Gasteiger partial charge < -0.3 is 24.1 Å². The molecule has 4 rings (SSSR count). The van der Waals surface area contributed by atoms with Gasteiger partial charge in [-0.05, 0) is 24.3 Å². The lowest BCUT2D eigenvalue weighted by Gasteiger charge is -2.47. The molecular weight excluding hydrogens is 364 g/mol. The molecule has 0 radical (unpaired) electrons. The third-order valence-corrected chi connectivity index (χ3v) is 6.37. The molecule has 2 aliphatic heterocycles. The van der Waals surface area contributed by atoms with Crippen LogP contribution in [-0.2, 0) is 14.2 Å². The fourth-order valence-corrected chi connectivity index (χ4v) is 4.56. The summed E-state index contributed by atoms with van der Waals surface area (Å²) in [5.74, 6) is 0.742. The van der Waals surface area contributed by atoms with Crippen molar-refractivity contribution in [2.24, 2.45) is 5.92 Å². The van der Waals surface area contributed by atoms with Crippen LogP contribution in [0.15, 0.2) is 59.5 Å². The molecule has 144 valence electrons. The van der Waals surface area contributed by atoms with E-state index in [2.05, 4.69) is 0 Å². The molecule has 6 heteroatoms. The van der Waals surface area contributed by atoms with Crippen molar-refractivity contribution in [3.63, 3.8) is 0 Å². The van der Waals surface area contributed by atoms with Crippen molar-refractivity contribution in [2.45, 2.75) is 41.9 Å². The van der Waals surface area contributed by atoms with Gasteiger partial charge >= 0.3 is 0 Å². The number of methoxy groups -OCH3 is 1. The summed E-state index contributed by atoms with van der Waals surface area (Å²) in [6.07, 6.45) is -1.77. The molecule has 0 spiro atoms. The van der Waals surface area contributed by atoms with Crippen molar-refractivity contribution in [1.29, 1.82) is 0 Å². The number of thioether (sulfide) groups is 1. The maximum absolute atomic E-state index is 10.9. The van der Waals surface area contributed by atoms with E-state index in [9.17, 15) is 5.11 Å². The number of hydrogen-bond acceptors (Lipinski definition) is 6. The zero-order chi connectivity index (χ0) is 18.8. The van der Waals surface area contributed by atoms with Gasteiger partial charge in [0.1, 0.15) is 23.4 Å². The molecule has 2 aliphatic rings. The van der Waals surface area contributed by atoms with Crippen LogP contribution < -0.4 is 4.74 Å². The highest BCUT2D eigenvalue weighted by atomic mass is 32.2. The fourth-order valence-electron chi connectivity index (χ4n) is 3.43. The van der Waals surface area contributed by atoms with Gasteiger partial charge in [-0.25, -0.2) is 0 Å². The summed E-state index contributed by atoms with van der Waals surface area (Å²) in [6, 6.07) is 17.6. The topological polar surface area (TPSA) is 57.2 Å². The lowest BCUT2D eigenvalue weighted by atomic mass is 9.93. The van der Waals surface area contributed by atoms with Gasteiger partial charge in [0.25, 0.3) is 0 Å². The van der Waals surface area contributed by atoms with Crippen LogP contribution in [0.1, 0.15) is 18.8 Å². The van der Waals surface area contributed by atoms with Gasteiger partial charge in [-0.3, -0.25) is 0 Å². The molecule has 0 aromatic heterocycles. The second-order valence-corrected chi connectivity index (χ2v) is 8.03. The quantitative estimate of drug-likeness (QED) is 0.863. The summed E-state index contributed by atoms with van der Waals surface area (Å²) in [6.45, 7) is 2.39. The lowest BCUT2D eigenvalue weighted by molar-refractivity contribution is -0.311. The van der Waals surface area contributed by atoms with Crippen LogP contribution in [0.5, 0.6) is 5.75 Å². The minimum Gasteiger partial charge on any atom is -0.497 e. The Morgan fingerprint density at radius 3 is 2.48 bits per heavy atom. The molecule has 2 aromatic carbocycles. The minimum atomic E-state index is -0.616. The molecule has 2 saturated heterocycles. The average molecular weight is 388 g/mol. The van der Waals surface area contributed by atoms with Crippen molar-refractivity contribution >= 4 is 11.8 Å². The van der Waals surface area contributed by atoms with E-state index in [-0.39, 0.29) is 17.5 Å². The molecule has 0 bridgehead atoms. The molecular formula is C21H24O5S. The van der Waals surface area contributed by atoms with E-state index in [1.807, 2.05) is 61.5 Å². The van der Waals surface area contributed by atoms with Crippen LogP contribution in [0, 0.1) is 5.92 Å². The molecule has 5 nitrogen and oxygen atoms in total. The normalized spacial score (nSPS) is 33.3. The fraction of sp³-hybridized carbons (Fsp3) is 0.429. The largest absolute Gasteiger partial charge is 0.497 e. The molecule has 2 heterocycles. The smallest absolute Gasteiger partial charge is 0.184 e. The number of ether oxygens (including phenoxy) is 4. The third kappa shape index (κ3) is 4.00. The third-order valence-electron chi connectivity index (χ3n) is 5.06. The zero-order valence-corrected chi connectivity index (χ0v) is 16.2. The first-order valence-corrected chi connectivity index (χ1v) is 10.00. The first-order valence-electron chi connectivity index (χ1n) is 9.12. The van der Waals surface area contributed by atoms with Gasteiger partial charge in [-0.1, -0.05) is 49.0 Å². The highest BCUT2D eigenvalue weighted by Gasteiger charge is 2.47. The number of benzene rings is 2. The minimum absolute atomic E-state index is 0.0760. The molecule has 27 heavy (non-hydrogen) atoms. The van der Waals surface area contributed by atoms with Crippen molar-refractivity contribution in [1.82, 2.24) is 0 Å². The summed E-state index contributed by atoms with van der Waals surface area (Å²) in [5.41, 5.74) is 0.778. The Morgan fingerprint density at radius 1 is 1.04 bits per heavy atom.